The molecule has 2 aromatic rings. The summed E-state index contributed by atoms with van der Waals surface area (Å²) in [4.78, 5) is 12.8. The molecule has 0 aliphatic carbocycles. The normalized spacial score (nSPS) is 10.4. The van der Waals surface area contributed by atoms with Crippen molar-refractivity contribution in [3.05, 3.63) is 40.8 Å². The molecule has 0 fully saturated rings. The monoisotopic (exact) mass is 280 g/mol. The number of hydrogen-bond donors (Lipinski definition) is 1. The Kier molecular flexibility index (Phi) is 4.38. The number of pyridine rings is 1. The van der Waals surface area contributed by atoms with Crippen molar-refractivity contribution in [1.82, 2.24) is 15.0 Å². The molecule has 0 aromatic carbocycles. The minimum Gasteiger partial charge on any atom is -0.364 e. The molecule has 0 aliphatic rings. The van der Waals surface area contributed by atoms with Crippen molar-refractivity contribution < 1.29 is 0 Å². The number of aryl methyl sites for hydroxylation is 1. The van der Waals surface area contributed by atoms with Crippen LogP contribution in [-0.2, 0) is 6.54 Å². The summed E-state index contributed by atoms with van der Waals surface area (Å²) in [5, 5.41) is 4.29. The average Bonchev–Trinajstić information content (AvgIpc) is 2.36. The van der Waals surface area contributed by atoms with Crippen molar-refractivity contribution >= 4 is 29.2 Å². The van der Waals surface area contributed by atoms with Gasteiger partial charge in [-0.25, -0.2) is 9.97 Å². The van der Waals surface area contributed by atoms with Crippen LogP contribution in [0.4, 0.5) is 5.82 Å². The first-order chi connectivity index (χ1) is 8.67. The van der Waals surface area contributed by atoms with Crippen LogP contribution in [0.15, 0.2) is 29.4 Å². The summed E-state index contributed by atoms with van der Waals surface area (Å²) < 4.78 is 0. The van der Waals surface area contributed by atoms with E-state index >= 15 is 0 Å². The van der Waals surface area contributed by atoms with Crippen molar-refractivity contribution in [3.63, 3.8) is 0 Å². The number of nitrogens with one attached hydrogen (secondary N) is 1. The van der Waals surface area contributed by atoms with Crippen molar-refractivity contribution in [2.45, 2.75) is 18.6 Å². The fourth-order valence-corrected chi connectivity index (χ4v) is 2.07. The Hall–Kier alpha value is -1.33. The van der Waals surface area contributed by atoms with Crippen molar-refractivity contribution in [2.24, 2.45) is 0 Å². The lowest BCUT2D eigenvalue weighted by Gasteiger charge is -2.07. The number of aromatic nitrogens is 3. The molecule has 0 spiro atoms. The number of rotatable bonds is 4. The van der Waals surface area contributed by atoms with E-state index in [2.05, 4.69) is 20.3 Å². The van der Waals surface area contributed by atoms with Gasteiger partial charge in [-0.3, -0.25) is 4.98 Å². The van der Waals surface area contributed by atoms with Gasteiger partial charge in [0.2, 0.25) is 0 Å². The van der Waals surface area contributed by atoms with E-state index in [1.807, 2.05) is 31.4 Å². The smallest absolute Gasteiger partial charge is 0.190 e. The van der Waals surface area contributed by atoms with E-state index in [-0.39, 0.29) is 0 Å². The second kappa shape index (κ2) is 6.02. The van der Waals surface area contributed by atoms with E-state index in [1.165, 1.54) is 11.8 Å². The average molecular weight is 281 g/mol. The van der Waals surface area contributed by atoms with Crippen LogP contribution in [0, 0.1) is 6.92 Å². The summed E-state index contributed by atoms with van der Waals surface area (Å²) in [6, 6.07) is 7.63. The Morgan fingerprint density at radius 2 is 2.11 bits per heavy atom. The minimum absolute atomic E-state index is 0.439. The zero-order chi connectivity index (χ0) is 13.0. The Morgan fingerprint density at radius 1 is 1.28 bits per heavy atom. The number of nitrogens with zero attached hydrogens (tertiary/aromatic N) is 3. The maximum atomic E-state index is 5.92. The highest BCUT2D eigenvalue weighted by molar-refractivity contribution is 7.98. The van der Waals surface area contributed by atoms with Gasteiger partial charge in [0.1, 0.15) is 11.0 Å². The van der Waals surface area contributed by atoms with Crippen LogP contribution in [0.2, 0.25) is 5.15 Å². The Balaban J connectivity index is 2.08. The zero-order valence-electron chi connectivity index (χ0n) is 10.1. The zero-order valence-corrected chi connectivity index (χ0v) is 11.7. The van der Waals surface area contributed by atoms with Gasteiger partial charge in [-0.05, 0) is 25.3 Å². The second-order valence-electron chi connectivity index (χ2n) is 3.69. The van der Waals surface area contributed by atoms with Crippen molar-refractivity contribution in [2.75, 3.05) is 11.6 Å². The molecule has 2 aromatic heterocycles. The molecule has 94 valence electrons. The molecule has 4 nitrogen and oxygen atoms in total. The summed E-state index contributed by atoms with van der Waals surface area (Å²) >= 11 is 7.37. The summed E-state index contributed by atoms with van der Waals surface area (Å²) in [7, 11) is 0. The third-order valence-corrected chi connectivity index (χ3v) is 2.99. The molecule has 2 heterocycles. The summed E-state index contributed by atoms with van der Waals surface area (Å²) in [6.07, 6.45) is 1.91. The first-order valence-electron chi connectivity index (χ1n) is 5.42. The molecule has 0 radical (unpaired) electrons. The first kappa shape index (κ1) is 13.1. The summed E-state index contributed by atoms with van der Waals surface area (Å²) in [5.41, 5.74) is 1.97. The van der Waals surface area contributed by atoms with Crippen LogP contribution in [0.1, 0.15) is 11.4 Å². The van der Waals surface area contributed by atoms with E-state index in [1.54, 1.807) is 6.07 Å². The van der Waals surface area contributed by atoms with Gasteiger partial charge in [-0.2, -0.15) is 0 Å². The number of halogens is 1. The van der Waals surface area contributed by atoms with Gasteiger partial charge < -0.3 is 5.32 Å². The van der Waals surface area contributed by atoms with Gasteiger partial charge in [0.25, 0.3) is 0 Å². The quantitative estimate of drug-likeness (QED) is 0.530. The van der Waals surface area contributed by atoms with E-state index < -0.39 is 0 Å². The van der Waals surface area contributed by atoms with Crippen LogP contribution < -0.4 is 5.32 Å². The largest absolute Gasteiger partial charge is 0.364 e. The molecule has 0 bridgehead atoms. The van der Waals surface area contributed by atoms with Crippen LogP contribution >= 0.6 is 23.4 Å². The molecule has 0 saturated heterocycles. The van der Waals surface area contributed by atoms with Gasteiger partial charge in [-0.1, -0.05) is 29.4 Å². The fraction of sp³-hybridized carbons (Fsp3) is 0.250. The summed E-state index contributed by atoms with van der Waals surface area (Å²) in [6.45, 7) is 2.58. The maximum Gasteiger partial charge on any atom is 0.190 e. The lowest BCUT2D eigenvalue weighted by atomic mass is 10.3. The van der Waals surface area contributed by atoms with Crippen LogP contribution in [0.5, 0.6) is 0 Å². The molecule has 0 amide bonds. The third kappa shape index (κ3) is 3.58. The topological polar surface area (TPSA) is 50.7 Å². The predicted octanol–water partition coefficient (Wildman–Crippen LogP) is 3.17. The molecule has 0 unspecified atom stereocenters. The van der Waals surface area contributed by atoms with Gasteiger partial charge in [0.15, 0.2) is 5.16 Å². The number of anilines is 1. The number of thioether (sulfide) groups is 1. The Labute approximate surface area is 115 Å². The molecule has 6 heteroatoms. The van der Waals surface area contributed by atoms with E-state index in [9.17, 15) is 0 Å². The van der Waals surface area contributed by atoms with Gasteiger partial charge in [0, 0.05) is 11.8 Å². The maximum absolute atomic E-state index is 5.92. The summed E-state index contributed by atoms with van der Waals surface area (Å²) in [5.74, 6) is 0.711. The SMILES string of the molecule is CSc1nc(Cl)cc(NCc2cccc(C)n2)n1. The second-order valence-corrected chi connectivity index (χ2v) is 4.85. The highest BCUT2D eigenvalue weighted by Gasteiger charge is 2.02. The molecule has 1 N–H and O–H groups in total. The van der Waals surface area contributed by atoms with E-state index in [0.29, 0.717) is 22.7 Å². The standard InChI is InChI=1S/C12H13ClN4S/c1-8-4-3-5-9(15-8)7-14-11-6-10(13)16-12(17-11)18-2/h3-6H,7H2,1-2H3,(H,14,16,17). The molecule has 0 atom stereocenters. The Morgan fingerprint density at radius 3 is 2.83 bits per heavy atom. The predicted molar refractivity (Wildman–Crippen MR) is 75.1 cm³/mol. The molecule has 2 rings (SSSR count). The lowest BCUT2D eigenvalue weighted by Crippen LogP contribution is -2.04. The molecular weight excluding hydrogens is 268 g/mol. The van der Waals surface area contributed by atoms with Crippen LogP contribution in [-0.4, -0.2) is 21.2 Å². The van der Waals surface area contributed by atoms with Crippen LogP contribution in [0.3, 0.4) is 0 Å². The van der Waals surface area contributed by atoms with Gasteiger partial charge in [0.05, 0.1) is 12.2 Å². The highest BCUT2D eigenvalue weighted by atomic mass is 35.5. The highest BCUT2D eigenvalue weighted by Crippen LogP contribution is 2.17. The van der Waals surface area contributed by atoms with E-state index in [4.69, 9.17) is 11.6 Å². The molecule has 0 saturated carbocycles. The Bertz CT molecular complexity index is 547. The molecule has 18 heavy (non-hydrogen) atoms. The van der Waals surface area contributed by atoms with E-state index in [0.717, 1.165) is 11.4 Å². The minimum atomic E-state index is 0.439. The first-order valence-corrected chi connectivity index (χ1v) is 7.02. The molecule has 0 aliphatic heterocycles. The van der Waals surface area contributed by atoms with Gasteiger partial charge in [-0.15, -0.1) is 0 Å². The lowest BCUT2D eigenvalue weighted by molar-refractivity contribution is 0.941. The third-order valence-electron chi connectivity index (χ3n) is 2.25. The van der Waals surface area contributed by atoms with Crippen molar-refractivity contribution in [1.29, 1.82) is 0 Å². The fourth-order valence-electron chi connectivity index (χ4n) is 1.46. The van der Waals surface area contributed by atoms with Crippen molar-refractivity contribution in [3.8, 4) is 0 Å². The number of hydrogen-bond acceptors (Lipinski definition) is 5. The van der Waals surface area contributed by atoms with Crippen LogP contribution in [0.25, 0.3) is 0 Å². The molecular formula is C12H13ClN4S. The van der Waals surface area contributed by atoms with Gasteiger partial charge >= 0.3 is 0 Å².